The summed E-state index contributed by atoms with van der Waals surface area (Å²) in [5.41, 5.74) is -1.03. The molecule has 33 heavy (non-hydrogen) atoms. The summed E-state index contributed by atoms with van der Waals surface area (Å²) >= 11 is 5.64. The van der Waals surface area contributed by atoms with Gasteiger partial charge in [-0.1, -0.05) is 11.6 Å². The number of amides is 2. The van der Waals surface area contributed by atoms with E-state index in [-0.39, 0.29) is 36.3 Å². The summed E-state index contributed by atoms with van der Waals surface area (Å²) in [4.78, 5) is 29.2. The lowest BCUT2D eigenvalue weighted by Crippen LogP contribution is -2.65. The highest BCUT2D eigenvalue weighted by Crippen LogP contribution is 2.52. The number of halogens is 3. The second-order valence-electron chi connectivity index (χ2n) is 8.76. The molecular weight excluding hydrogens is 456 g/mol. The van der Waals surface area contributed by atoms with Gasteiger partial charge in [0.2, 0.25) is 5.91 Å². The van der Waals surface area contributed by atoms with E-state index in [9.17, 15) is 23.5 Å². The van der Waals surface area contributed by atoms with Crippen molar-refractivity contribution in [3.8, 4) is 5.75 Å². The number of pyridine rings is 1. The Kier molecular flexibility index (Phi) is 6.54. The number of hydrogen-bond donors (Lipinski definition) is 3. The van der Waals surface area contributed by atoms with Crippen molar-refractivity contribution in [1.29, 1.82) is 0 Å². The molecule has 7 nitrogen and oxygen atoms in total. The molecule has 3 fully saturated rings. The molecule has 1 aromatic carbocycles. The predicted molar refractivity (Wildman–Crippen MR) is 115 cm³/mol. The number of carbonyl (C=O) groups excluding carboxylic acids is 2. The van der Waals surface area contributed by atoms with E-state index in [4.69, 9.17) is 16.3 Å². The molecule has 1 unspecified atom stereocenters. The molecule has 2 bridgehead atoms. The van der Waals surface area contributed by atoms with Crippen LogP contribution in [0.1, 0.15) is 37.7 Å². The molecule has 0 aliphatic heterocycles. The normalized spacial score (nSPS) is 26.0. The SMILES string of the molecule is O=C(COc1ccc(Cl)c(F)c1)NC12CCC(C(=O)NCc3cncc(F)c3)(CC1)C(O)C2. The first-order valence-corrected chi connectivity index (χ1v) is 11.0. The highest BCUT2D eigenvalue weighted by Gasteiger charge is 2.58. The maximum atomic E-state index is 13.5. The maximum Gasteiger partial charge on any atom is 0.258 e. The molecular formula is C23H24ClF2N3O4. The minimum Gasteiger partial charge on any atom is -0.484 e. The van der Waals surface area contributed by atoms with Crippen LogP contribution in [0.15, 0.2) is 36.7 Å². The molecule has 3 N–H and O–H groups in total. The van der Waals surface area contributed by atoms with Crippen LogP contribution in [0, 0.1) is 17.0 Å². The van der Waals surface area contributed by atoms with Gasteiger partial charge in [0.05, 0.1) is 22.7 Å². The zero-order valence-corrected chi connectivity index (χ0v) is 18.5. The van der Waals surface area contributed by atoms with Gasteiger partial charge in [-0.3, -0.25) is 14.6 Å². The monoisotopic (exact) mass is 479 g/mol. The Hall–Kier alpha value is -2.78. The van der Waals surface area contributed by atoms with E-state index in [1.54, 1.807) is 0 Å². The van der Waals surface area contributed by atoms with E-state index in [0.717, 1.165) is 12.3 Å². The van der Waals surface area contributed by atoms with Crippen LogP contribution in [0.2, 0.25) is 5.02 Å². The number of ether oxygens (including phenoxy) is 1. The number of nitrogens with one attached hydrogen (secondary N) is 2. The largest absolute Gasteiger partial charge is 0.484 e. The Morgan fingerprint density at radius 1 is 1.18 bits per heavy atom. The van der Waals surface area contributed by atoms with Gasteiger partial charge in [-0.25, -0.2) is 8.78 Å². The third-order valence-electron chi connectivity index (χ3n) is 6.65. The number of nitrogens with zero attached hydrogens (tertiary/aromatic N) is 1. The van der Waals surface area contributed by atoms with Crippen LogP contribution in [0.4, 0.5) is 8.78 Å². The summed E-state index contributed by atoms with van der Waals surface area (Å²) in [6.07, 6.45) is 3.74. The molecule has 5 rings (SSSR count). The van der Waals surface area contributed by atoms with Gasteiger partial charge in [0, 0.05) is 24.3 Å². The van der Waals surface area contributed by atoms with Gasteiger partial charge in [-0.05, 0) is 55.9 Å². The molecule has 3 aliphatic rings. The molecule has 3 aliphatic carbocycles. The number of aliphatic hydroxyl groups is 1. The lowest BCUT2D eigenvalue weighted by Gasteiger charge is -2.55. The molecule has 176 valence electrons. The first-order chi connectivity index (χ1) is 15.7. The molecule has 0 radical (unpaired) electrons. The Bertz CT molecular complexity index is 1060. The summed E-state index contributed by atoms with van der Waals surface area (Å²) in [6.45, 7) is -0.200. The predicted octanol–water partition coefficient (Wildman–Crippen LogP) is 2.89. The average molecular weight is 480 g/mol. The fraction of sp³-hybridized carbons (Fsp3) is 0.435. The minimum atomic E-state index is -0.940. The van der Waals surface area contributed by atoms with Crippen LogP contribution >= 0.6 is 11.6 Å². The standard InChI is InChI=1S/C23H24ClF2N3O4/c24-17-2-1-16(8-18(17)26)33-13-20(31)29-22-3-5-23(6-4-22,19(30)9-22)21(32)28-11-14-7-15(25)12-27-10-14/h1-2,7-8,10,12,19,30H,3-6,9,11,13H2,(H,28,32)(H,29,31). The van der Waals surface area contributed by atoms with E-state index in [0.29, 0.717) is 31.2 Å². The summed E-state index contributed by atoms with van der Waals surface area (Å²) < 4.78 is 32.2. The van der Waals surface area contributed by atoms with Crippen LogP contribution in [0.5, 0.6) is 5.75 Å². The summed E-state index contributed by atoms with van der Waals surface area (Å²) in [5.74, 6) is -1.62. The second kappa shape index (κ2) is 9.23. The number of rotatable bonds is 7. The molecule has 1 aromatic heterocycles. The van der Waals surface area contributed by atoms with Crippen molar-refractivity contribution in [2.75, 3.05) is 6.61 Å². The van der Waals surface area contributed by atoms with Crippen molar-refractivity contribution in [2.24, 2.45) is 5.41 Å². The maximum absolute atomic E-state index is 13.5. The van der Waals surface area contributed by atoms with Gasteiger partial charge in [0.15, 0.2) is 6.61 Å². The molecule has 2 amide bonds. The average Bonchev–Trinajstić information content (AvgIpc) is 2.79. The summed E-state index contributed by atoms with van der Waals surface area (Å²) in [5, 5.41) is 16.5. The first kappa shape index (κ1) is 23.4. The Balaban J connectivity index is 1.32. The van der Waals surface area contributed by atoms with Gasteiger partial charge in [0.25, 0.3) is 5.91 Å². The number of hydrogen-bond acceptors (Lipinski definition) is 5. The number of aliphatic hydroxyl groups excluding tert-OH is 1. The van der Waals surface area contributed by atoms with Crippen molar-refractivity contribution in [2.45, 2.75) is 50.3 Å². The van der Waals surface area contributed by atoms with E-state index in [1.807, 2.05) is 0 Å². The molecule has 0 saturated heterocycles. The molecule has 2 aromatic rings. The van der Waals surface area contributed by atoms with Crippen LogP contribution in [-0.4, -0.2) is 40.2 Å². The van der Waals surface area contributed by atoms with Gasteiger partial charge < -0.3 is 20.5 Å². The van der Waals surface area contributed by atoms with Crippen molar-refractivity contribution in [1.82, 2.24) is 15.6 Å². The third kappa shape index (κ3) is 4.94. The van der Waals surface area contributed by atoms with Gasteiger partial charge in [-0.15, -0.1) is 0 Å². The highest BCUT2D eigenvalue weighted by atomic mass is 35.5. The van der Waals surface area contributed by atoms with Gasteiger partial charge in [-0.2, -0.15) is 0 Å². The van der Waals surface area contributed by atoms with E-state index < -0.39 is 34.6 Å². The molecule has 0 spiro atoms. The molecule has 1 atom stereocenters. The van der Waals surface area contributed by atoms with Gasteiger partial charge >= 0.3 is 0 Å². The van der Waals surface area contributed by atoms with Crippen LogP contribution in [0.25, 0.3) is 0 Å². The number of carbonyl (C=O) groups is 2. The zero-order valence-electron chi connectivity index (χ0n) is 17.7. The van der Waals surface area contributed by atoms with Crippen LogP contribution in [0.3, 0.4) is 0 Å². The fourth-order valence-electron chi connectivity index (χ4n) is 4.79. The van der Waals surface area contributed by atoms with Crippen molar-refractivity contribution in [3.05, 3.63) is 58.9 Å². The smallest absolute Gasteiger partial charge is 0.258 e. The van der Waals surface area contributed by atoms with E-state index >= 15 is 0 Å². The minimum absolute atomic E-state index is 0.0378. The summed E-state index contributed by atoms with van der Waals surface area (Å²) in [6, 6.07) is 5.21. The zero-order chi connectivity index (χ0) is 23.6. The number of fused-ring (bicyclic) bond motifs is 3. The summed E-state index contributed by atoms with van der Waals surface area (Å²) in [7, 11) is 0. The van der Waals surface area contributed by atoms with Crippen LogP contribution in [-0.2, 0) is 16.1 Å². The molecule has 10 heteroatoms. The number of aromatic nitrogens is 1. The first-order valence-electron chi connectivity index (χ1n) is 10.7. The second-order valence-corrected chi connectivity index (χ2v) is 9.17. The lowest BCUT2D eigenvalue weighted by molar-refractivity contribution is -0.156. The third-order valence-corrected chi connectivity index (χ3v) is 6.96. The molecule has 1 heterocycles. The van der Waals surface area contributed by atoms with Crippen molar-refractivity contribution >= 4 is 23.4 Å². The van der Waals surface area contributed by atoms with Crippen LogP contribution < -0.4 is 15.4 Å². The Labute approximate surface area is 194 Å². The molecule has 3 saturated carbocycles. The van der Waals surface area contributed by atoms with Gasteiger partial charge in [0.1, 0.15) is 17.4 Å². The van der Waals surface area contributed by atoms with Crippen molar-refractivity contribution in [3.63, 3.8) is 0 Å². The number of benzene rings is 1. The Morgan fingerprint density at radius 2 is 1.94 bits per heavy atom. The fourth-order valence-corrected chi connectivity index (χ4v) is 4.91. The van der Waals surface area contributed by atoms with Crippen molar-refractivity contribution < 1.29 is 28.2 Å². The van der Waals surface area contributed by atoms with E-state index in [2.05, 4.69) is 15.6 Å². The quantitative estimate of drug-likeness (QED) is 0.567. The Morgan fingerprint density at radius 3 is 2.61 bits per heavy atom. The van der Waals surface area contributed by atoms with E-state index in [1.165, 1.54) is 24.4 Å². The highest BCUT2D eigenvalue weighted by molar-refractivity contribution is 6.30. The lowest BCUT2D eigenvalue weighted by atomic mass is 9.55. The topological polar surface area (TPSA) is 101 Å².